The molecule has 130 valence electrons. The molecule has 0 aliphatic carbocycles. The Kier molecular flexibility index (Phi) is 4.90. The number of hydrogen-bond acceptors (Lipinski definition) is 5. The molecule has 5 nitrogen and oxygen atoms in total. The molecule has 0 radical (unpaired) electrons. The predicted molar refractivity (Wildman–Crippen MR) is 100 cm³/mol. The summed E-state index contributed by atoms with van der Waals surface area (Å²) in [6, 6.07) is 14.2. The molecule has 0 bridgehead atoms. The predicted octanol–water partition coefficient (Wildman–Crippen LogP) is 3.44. The number of anilines is 1. The Labute approximate surface area is 147 Å². The summed E-state index contributed by atoms with van der Waals surface area (Å²) in [6.45, 7) is 2.26. The van der Waals surface area contributed by atoms with Crippen molar-refractivity contribution in [3.8, 4) is 5.75 Å². The first-order valence-electron chi connectivity index (χ1n) is 7.97. The number of hydrogen-bond donors (Lipinski definition) is 1. The second-order valence-electron chi connectivity index (χ2n) is 5.73. The molecule has 2 aromatic carbocycles. The summed E-state index contributed by atoms with van der Waals surface area (Å²) < 4.78 is 30.2. The van der Waals surface area contributed by atoms with Crippen molar-refractivity contribution < 1.29 is 13.2 Å². The van der Waals surface area contributed by atoms with Crippen LogP contribution in [0.25, 0.3) is 10.9 Å². The topological polar surface area (TPSA) is 68.3 Å². The van der Waals surface area contributed by atoms with Crippen LogP contribution in [0.5, 0.6) is 5.75 Å². The number of ether oxygens (including phenoxy) is 1. The van der Waals surface area contributed by atoms with Crippen LogP contribution in [-0.4, -0.2) is 32.8 Å². The van der Waals surface area contributed by atoms with Gasteiger partial charge in [-0.2, -0.15) is 0 Å². The fourth-order valence-electron chi connectivity index (χ4n) is 2.75. The van der Waals surface area contributed by atoms with Crippen molar-refractivity contribution >= 4 is 26.4 Å². The summed E-state index contributed by atoms with van der Waals surface area (Å²) in [7, 11) is -1.71. The molecule has 0 saturated carbocycles. The fraction of sp³-hybridized carbons (Fsp3) is 0.211. The van der Waals surface area contributed by atoms with Crippen LogP contribution in [0, 0.1) is 6.92 Å². The smallest absolute Gasteiger partial charge is 0.180 e. The molecule has 0 fully saturated rings. The molecule has 0 aliphatic rings. The van der Waals surface area contributed by atoms with Gasteiger partial charge < -0.3 is 10.1 Å². The largest absolute Gasteiger partial charge is 0.494 e. The fourth-order valence-corrected chi connectivity index (χ4v) is 3.93. The van der Waals surface area contributed by atoms with E-state index in [1.807, 2.05) is 25.1 Å². The zero-order chi connectivity index (χ0) is 17.9. The molecular formula is C19H20N2O3S. The molecule has 25 heavy (non-hydrogen) atoms. The molecule has 0 saturated heterocycles. The van der Waals surface area contributed by atoms with Gasteiger partial charge in [-0.3, -0.25) is 4.98 Å². The van der Waals surface area contributed by atoms with Crippen molar-refractivity contribution in [2.45, 2.75) is 11.8 Å². The molecule has 3 aromatic rings. The van der Waals surface area contributed by atoms with Crippen LogP contribution in [0.3, 0.4) is 0 Å². The number of aromatic nitrogens is 1. The third kappa shape index (κ3) is 3.58. The lowest BCUT2D eigenvalue weighted by Gasteiger charge is -2.14. The summed E-state index contributed by atoms with van der Waals surface area (Å²) in [4.78, 5) is 4.78. The lowest BCUT2D eigenvalue weighted by atomic mass is 10.1. The van der Waals surface area contributed by atoms with Crippen molar-refractivity contribution in [2.75, 3.05) is 24.7 Å². The first-order chi connectivity index (χ1) is 12.0. The Morgan fingerprint density at radius 1 is 1.08 bits per heavy atom. The van der Waals surface area contributed by atoms with E-state index in [0.29, 0.717) is 17.2 Å². The first kappa shape index (κ1) is 17.2. The normalized spacial score (nSPS) is 11.4. The summed E-state index contributed by atoms with van der Waals surface area (Å²) in [5, 5.41) is 4.17. The zero-order valence-electron chi connectivity index (χ0n) is 14.2. The average molecular weight is 356 g/mol. The minimum atomic E-state index is -3.31. The molecule has 0 aliphatic heterocycles. The van der Waals surface area contributed by atoms with E-state index in [0.717, 1.165) is 22.2 Å². The van der Waals surface area contributed by atoms with E-state index in [9.17, 15) is 8.42 Å². The van der Waals surface area contributed by atoms with Crippen LogP contribution in [0.15, 0.2) is 59.6 Å². The number of fused-ring (bicyclic) bond motifs is 1. The number of nitrogens with zero attached hydrogens (tertiary/aromatic N) is 1. The summed E-state index contributed by atoms with van der Waals surface area (Å²) in [5.74, 6) is 0.710. The highest BCUT2D eigenvalue weighted by atomic mass is 32.2. The van der Waals surface area contributed by atoms with Crippen LogP contribution >= 0.6 is 0 Å². The number of sulfone groups is 1. The van der Waals surface area contributed by atoms with Crippen LogP contribution in [-0.2, 0) is 9.84 Å². The maximum absolute atomic E-state index is 12.4. The Hall–Kier alpha value is -2.60. The van der Waals surface area contributed by atoms with Crippen LogP contribution in [0.2, 0.25) is 0 Å². The number of benzene rings is 2. The zero-order valence-corrected chi connectivity index (χ0v) is 15.0. The lowest BCUT2D eigenvalue weighted by molar-refractivity contribution is 0.419. The minimum absolute atomic E-state index is 0.0181. The highest BCUT2D eigenvalue weighted by Crippen LogP contribution is 2.31. The van der Waals surface area contributed by atoms with Gasteiger partial charge in [0.1, 0.15) is 11.3 Å². The second kappa shape index (κ2) is 7.11. The van der Waals surface area contributed by atoms with Gasteiger partial charge in [-0.05, 0) is 30.7 Å². The van der Waals surface area contributed by atoms with E-state index in [2.05, 4.69) is 10.3 Å². The highest BCUT2D eigenvalue weighted by Gasteiger charge is 2.15. The molecule has 1 N–H and O–H groups in total. The Morgan fingerprint density at radius 3 is 2.56 bits per heavy atom. The summed E-state index contributed by atoms with van der Waals surface area (Å²) >= 11 is 0. The van der Waals surface area contributed by atoms with Gasteiger partial charge in [0, 0.05) is 23.8 Å². The quantitative estimate of drug-likeness (QED) is 0.733. The Morgan fingerprint density at radius 2 is 1.84 bits per heavy atom. The molecule has 0 spiro atoms. The van der Waals surface area contributed by atoms with E-state index >= 15 is 0 Å². The van der Waals surface area contributed by atoms with Gasteiger partial charge in [0.05, 0.1) is 17.8 Å². The summed E-state index contributed by atoms with van der Waals surface area (Å²) in [6.07, 6.45) is 1.76. The molecule has 1 heterocycles. The first-order valence-corrected chi connectivity index (χ1v) is 9.62. The van der Waals surface area contributed by atoms with E-state index in [1.165, 1.54) is 0 Å². The lowest BCUT2D eigenvalue weighted by Crippen LogP contribution is -2.16. The molecule has 3 rings (SSSR count). The Balaban J connectivity index is 1.83. The van der Waals surface area contributed by atoms with Gasteiger partial charge in [-0.25, -0.2) is 8.42 Å². The standard InChI is InChI=1S/C19H20N2O3S/c1-14-13-21-19-16(9-6-10-17(19)24-2)18(14)20-11-12-25(22,23)15-7-4-3-5-8-15/h3-10,13H,11-12H2,1-2H3,(H,20,21). The molecule has 1 aromatic heterocycles. The van der Waals surface area contributed by atoms with Crippen LogP contribution in [0.1, 0.15) is 5.56 Å². The summed E-state index contributed by atoms with van der Waals surface area (Å²) in [5.41, 5.74) is 2.59. The van der Waals surface area contributed by atoms with E-state index in [4.69, 9.17) is 4.74 Å². The van der Waals surface area contributed by atoms with Crippen molar-refractivity contribution in [2.24, 2.45) is 0 Å². The number of nitrogens with one attached hydrogen (secondary N) is 1. The van der Waals surface area contributed by atoms with Gasteiger partial charge >= 0.3 is 0 Å². The van der Waals surface area contributed by atoms with E-state index in [-0.39, 0.29) is 5.75 Å². The maximum atomic E-state index is 12.4. The number of methoxy groups -OCH3 is 1. The van der Waals surface area contributed by atoms with Crippen molar-refractivity contribution in [3.05, 3.63) is 60.3 Å². The monoisotopic (exact) mass is 356 g/mol. The average Bonchev–Trinajstić information content (AvgIpc) is 2.63. The maximum Gasteiger partial charge on any atom is 0.180 e. The van der Waals surface area contributed by atoms with Gasteiger partial charge in [0.2, 0.25) is 0 Å². The molecule has 0 atom stereocenters. The van der Waals surface area contributed by atoms with Crippen LogP contribution < -0.4 is 10.1 Å². The number of pyridine rings is 1. The Bertz CT molecular complexity index is 986. The van der Waals surface area contributed by atoms with Crippen molar-refractivity contribution in [1.82, 2.24) is 4.98 Å². The number of para-hydroxylation sites is 1. The van der Waals surface area contributed by atoms with Crippen molar-refractivity contribution in [1.29, 1.82) is 0 Å². The van der Waals surface area contributed by atoms with Crippen LogP contribution in [0.4, 0.5) is 5.69 Å². The van der Waals surface area contributed by atoms with E-state index < -0.39 is 9.84 Å². The third-order valence-electron chi connectivity index (χ3n) is 4.04. The van der Waals surface area contributed by atoms with Gasteiger partial charge in [-0.15, -0.1) is 0 Å². The van der Waals surface area contributed by atoms with Crippen molar-refractivity contribution in [3.63, 3.8) is 0 Å². The SMILES string of the molecule is COc1cccc2c(NCCS(=O)(=O)c3ccccc3)c(C)cnc12. The van der Waals surface area contributed by atoms with Gasteiger partial charge in [0.25, 0.3) is 0 Å². The second-order valence-corrected chi connectivity index (χ2v) is 7.84. The number of aryl methyl sites for hydroxylation is 1. The van der Waals surface area contributed by atoms with Gasteiger partial charge in [-0.1, -0.05) is 30.3 Å². The minimum Gasteiger partial charge on any atom is -0.494 e. The number of rotatable bonds is 6. The molecule has 0 unspecified atom stereocenters. The highest BCUT2D eigenvalue weighted by molar-refractivity contribution is 7.91. The third-order valence-corrected chi connectivity index (χ3v) is 5.78. The van der Waals surface area contributed by atoms with E-state index in [1.54, 1.807) is 43.6 Å². The van der Waals surface area contributed by atoms with Gasteiger partial charge in [0.15, 0.2) is 9.84 Å². The molecule has 0 amide bonds. The molecule has 6 heteroatoms. The molecular weight excluding hydrogens is 336 g/mol.